The number of fused-ring (bicyclic) bond motifs is 1. The van der Waals surface area contributed by atoms with Gasteiger partial charge >= 0.3 is 0 Å². The fraction of sp³-hybridized carbons (Fsp3) is 0.526. The van der Waals surface area contributed by atoms with Crippen LogP contribution in [-0.4, -0.2) is 39.4 Å². The van der Waals surface area contributed by atoms with Crippen molar-refractivity contribution >= 4 is 17.6 Å². The Balaban J connectivity index is 1.39. The topological polar surface area (TPSA) is 67.1 Å². The van der Waals surface area contributed by atoms with Crippen molar-refractivity contribution in [2.75, 3.05) is 6.54 Å². The Morgan fingerprint density at radius 2 is 2.26 bits per heavy atom. The molecule has 2 heterocycles. The summed E-state index contributed by atoms with van der Waals surface area (Å²) in [5, 5.41) is 11.9. The lowest BCUT2D eigenvalue weighted by molar-refractivity contribution is 0.392. The maximum Gasteiger partial charge on any atom is 0.191 e. The molecule has 1 aromatic heterocycles. The van der Waals surface area contributed by atoms with Crippen LogP contribution in [0.3, 0.4) is 0 Å². The first-order valence-corrected chi connectivity index (χ1v) is 9.84. The predicted molar refractivity (Wildman–Crippen MR) is 104 cm³/mol. The van der Waals surface area contributed by atoms with Crippen LogP contribution in [0.5, 0.6) is 0 Å². The van der Waals surface area contributed by atoms with Gasteiger partial charge in [-0.3, -0.25) is 4.99 Å². The number of aliphatic imine (C=N–C) groups is 1. The lowest BCUT2D eigenvalue weighted by Gasteiger charge is -2.25. The van der Waals surface area contributed by atoms with E-state index < -0.39 is 0 Å². The quantitative estimate of drug-likeness (QED) is 0.622. The van der Waals surface area contributed by atoms with E-state index in [4.69, 9.17) is 11.6 Å². The van der Waals surface area contributed by atoms with E-state index in [1.165, 1.54) is 6.07 Å². The number of nitrogens with zero attached hydrogens (tertiary/aromatic N) is 4. The van der Waals surface area contributed by atoms with Crippen molar-refractivity contribution in [2.24, 2.45) is 4.99 Å². The molecule has 1 saturated carbocycles. The van der Waals surface area contributed by atoms with Crippen LogP contribution in [-0.2, 0) is 13.0 Å². The first-order valence-electron chi connectivity index (χ1n) is 9.47. The lowest BCUT2D eigenvalue weighted by atomic mass is 10.1. The molecule has 2 N–H and O–H groups in total. The van der Waals surface area contributed by atoms with Crippen LogP contribution in [0.15, 0.2) is 23.2 Å². The van der Waals surface area contributed by atoms with Gasteiger partial charge in [-0.05, 0) is 38.8 Å². The highest BCUT2D eigenvalue weighted by Gasteiger charge is 2.42. The van der Waals surface area contributed by atoms with Crippen molar-refractivity contribution in [3.8, 4) is 0 Å². The molecule has 0 saturated heterocycles. The first-order chi connectivity index (χ1) is 13.0. The van der Waals surface area contributed by atoms with Gasteiger partial charge in [0, 0.05) is 41.6 Å². The van der Waals surface area contributed by atoms with Crippen molar-refractivity contribution in [2.45, 2.75) is 57.7 Å². The van der Waals surface area contributed by atoms with Crippen LogP contribution >= 0.6 is 11.6 Å². The number of rotatable bonds is 4. The predicted octanol–water partition coefficient (Wildman–Crippen LogP) is 2.81. The Morgan fingerprint density at radius 3 is 3.04 bits per heavy atom. The van der Waals surface area contributed by atoms with Gasteiger partial charge in [-0.2, -0.15) is 5.10 Å². The molecule has 2 aliphatic rings. The Bertz CT molecular complexity index is 844. The number of hydrogen-bond acceptors (Lipinski definition) is 3. The Kier molecular flexibility index (Phi) is 5.04. The van der Waals surface area contributed by atoms with Crippen LogP contribution in [0.1, 0.15) is 42.9 Å². The minimum atomic E-state index is -0.236. The SMILES string of the molecule is CCN=C(NC1CCc2nc(C)nn2C1)NC1CC1c1c(F)cccc1Cl. The van der Waals surface area contributed by atoms with E-state index in [9.17, 15) is 4.39 Å². The summed E-state index contributed by atoms with van der Waals surface area (Å²) in [6.45, 7) is 5.36. The van der Waals surface area contributed by atoms with Gasteiger partial charge in [0.2, 0.25) is 0 Å². The fourth-order valence-corrected chi connectivity index (χ4v) is 4.05. The molecule has 1 fully saturated rings. The molecule has 1 aliphatic carbocycles. The summed E-state index contributed by atoms with van der Waals surface area (Å²) in [6, 6.07) is 5.24. The van der Waals surface area contributed by atoms with Gasteiger partial charge < -0.3 is 10.6 Å². The molecule has 0 radical (unpaired) electrons. The highest BCUT2D eigenvalue weighted by Crippen LogP contribution is 2.44. The molecule has 3 unspecified atom stereocenters. The van der Waals surface area contributed by atoms with Gasteiger partial charge in [0.15, 0.2) is 5.96 Å². The minimum absolute atomic E-state index is 0.0819. The number of halogens is 2. The Hall–Kier alpha value is -2.15. The monoisotopic (exact) mass is 390 g/mol. The van der Waals surface area contributed by atoms with E-state index in [0.717, 1.165) is 43.4 Å². The molecule has 0 spiro atoms. The van der Waals surface area contributed by atoms with Crippen LogP contribution in [0, 0.1) is 12.7 Å². The van der Waals surface area contributed by atoms with Crippen LogP contribution in [0.4, 0.5) is 4.39 Å². The van der Waals surface area contributed by atoms with Crippen molar-refractivity contribution in [1.29, 1.82) is 0 Å². The van der Waals surface area contributed by atoms with E-state index in [1.54, 1.807) is 12.1 Å². The maximum atomic E-state index is 14.1. The summed E-state index contributed by atoms with van der Waals surface area (Å²) in [7, 11) is 0. The molecule has 1 aromatic carbocycles. The van der Waals surface area contributed by atoms with Crippen molar-refractivity contribution < 1.29 is 4.39 Å². The highest BCUT2D eigenvalue weighted by atomic mass is 35.5. The minimum Gasteiger partial charge on any atom is -0.353 e. The highest BCUT2D eigenvalue weighted by molar-refractivity contribution is 6.31. The summed E-state index contributed by atoms with van der Waals surface area (Å²) in [4.78, 5) is 9.00. The van der Waals surface area contributed by atoms with Gasteiger partial charge in [0.05, 0.1) is 6.54 Å². The number of guanidine groups is 1. The fourth-order valence-electron chi connectivity index (χ4n) is 3.75. The van der Waals surface area contributed by atoms with Crippen molar-refractivity contribution in [3.63, 3.8) is 0 Å². The summed E-state index contributed by atoms with van der Waals surface area (Å²) in [6.07, 6.45) is 2.73. The van der Waals surface area contributed by atoms with Gasteiger partial charge in [0.1, 0.15) is 17.5 Å². The number of nitrogens with one attached hydrogen (secondary N) is 2. The number of benzene rings is 1. The summed E-state index contributed by atoms with van der Waals surface area (Å²) >= 11 is 6.20. The molecule has 3 atom stereocenters. The number of aryl methyl sites for hydroxylation is 2. The summed E-state index contributed by atoms with van der Waals surface area (Å²) < 4.78 is 16.1. The average molecular weight is 391 g/mol. The third kappa shape index (κ3) is 3.93. The van der Waals surface area contributed by atoms with Crippen molar-refractivity contribution in [1.82, 2.24) is 25.4 Å². The zero-order chi connectivity index (χ0) is 19.0. The second kappa shape index (κ2) is 7.46. The van der Waals surface area contributed by atoms with E-state index >= 15 is 0 Å². The smallest absolute Gasteiger partial charge is 0.191 e. The second-order valence-corrected chi connectivity index (χ2v) is 7.60. The molecular formula is C19H24ClFN6. The summed E-state index contributed by atoms with van der Waals surface area (Å²) in [5.74, 6) is 2.47. The zero-order valence-corrected chi connectivity index (χ0v) is 16.3. The van der Waals surface area contributed by atoms with Gasteiger partial charge in [-0.1, -0.05) is 17.7 Å². The van der Waals surface area contributed by atoms with Crippen LogP contribution in [0.2, 0.25) is 5.02 Å². The number of aromatic nitrogens is 3. The van der Waals surface area contributed by atoms with Gasteiger partial charge in [-0.15, -0.1) is 0 Å². The second-order valence-electron chi connectivity index (χ2n) is 7.19. The van der Waals surface area contributed by atoms with E-state index in [2.05, 4.69) is 25.7 Å². The molecular weight excluding hydrogens is 367 g/mol. The lowest BCUT2D eigenvalue weighted by Crippen LogP contribution is -2.48. The van der Waals surface area contributed by atoms with Crippen molar-refractivity contribution in [3.05, 3.63) is 46.3 Å². The molecule has 0 amide bonds. The third-order valence-electron chi connectivity index (χ3n) is 5.10. The van der Waals surface area contributed by atoms with Gasteiger partial charge in [-0.25, -0.2) is 14.1 Å². The van der Waals surface area contributed by atoms with Gasteiger partial charge in [0.25, 0.3) is 0 Å². The molecule has 2 aromatic rings. The first kappa shape index (κ1) is 18.2. The van der Waals surface area contributed by atoms with E-state index in [1.807, 2.05) is 18.5 Å². The van der Waals surface area contributed by atoms with E-state index in [-0.39, 0.29) is 23.8 Å². The Labute approximate surface area is 163 Å². The molecule has 0 bridgehead atoms. The molecule has 8 heteroatoms. The molecule has 27 heavy (non-hydrogen) atoms. The Morgan fingerprint density at radius 1 is 1.41 bits per heavy atom. The summed E-state index contributed by atoms with van der Waals surface area (Å²) in [5.41, 5.74) is 0.605. The van der Waals surface area contributed by atoms with E-state index in [0.29, 0.717) is 17.1 Å². The number of hydrogen-bond donors (Lipinski definition) is 2. The normalized spacial score (nSPS) is 24.4. The zero-order valence-electron chi connectivity index (χ0n) is 15.5. The molecule has 1 aliphatic heterocycles. The standard InChI is InChI=1S/C19H24ClFN6/c1-3-22-19(24-12-7-8-17-23-11(2)26-27(17)10-12)25-16-9-13(16)18-14(20)5-4-6-15(18)21/h4-6,12-13,16H,3,7-10H2,1-2H3,(H2,22,24,25). The third-order valence-corrected chi connectivity index (χ3v) is 5.43. The van der Waals surface area contributed by atoms with Crippen LogP contribution in [0.25, 0.3) is 0 Å². The largest absolute Gasteiger partial charge is 0.353 e. The van der Waals surface area contributed by atoms with Crippen LogP contribution < -0.4 is 10.6 Å². The molecule has 4 rings (SSSR count). The molecule has 144 valence electrons. The maximum absolute atomic E-state index is 14.1. The molecule has 6 nitrogen and oxygen atoms in total. The average Bonchev–Trinajstić information content (AvgIpc) is 3.24.